The van der Waals surface area contributed by atoms with E-state index in [9.17, 15) is 9.59 Å². The predicted octanol–water partition coefficient (Wildman–Crippen LogP) is 1.90. The molecule has 2 aliphatic rings. The number of piperazine rings is 1. The van der Waals surface area contributed by atoms with Gasteiger partial charge in [0.25, 0.3) is 0 Å². The van der Waals surface area contributed by atoms with Gasteiger partial charge >= 0.3 is 0 Å². The van der Waals surface area contributed by atoms with Gasteiger partial charge in [-0.2, -0.15) is 4.98 Å². The lowest BCUT2D eigenvalue weighted by Gasteiger charge is -2.36. The van der Waals surface area contributed by atoms with Crippen LogP contribution in [0.2, 0.25) is 0 Å². The standard InChI is InChI=1S/C20H33N5O3/c1-14-12-25(13-15(2)21-14)18(27)9-8-17-22-19(24-28-17)20(23-16(3)26)10-6-4-5-7-11-20/h14-15,21H,4-13H2,1-3H3,(H,23,26)/t14-,15+. The minimum Gasteiger partial charge on any atom is -0.343 e. The molecule has 156 valence electrons. The highest BCUT2D eigenvalue weighted by atomic mass is 16.5. The summed E-state index contributed by atoms with van der Waals surface area (Å²) < 4.78 is 5.45. The largest absolute Gasteiger partial charge is 0.343 e. The Morgan fingerprint density at radius 3 is 2.43 bits per heavy atom. The van der Waals surface area contributed by atoms with Crippen LogP contribution in [-0.4, -0.2) is 52.0 Å². The Morgan fingerprint density at radius 2 is 1.82 bits per heavy atom. The first-order valence-electron chi connectivity index (χ1n) is 10.5. The van der Waals surface area contributed by atoms with Crippen LogP contribution in [0.25, 0.3) is 0 Å². The van der Waals surface area contributed by atoms with Gasteiger partial charge in [0.2, 0.25) is 17.7 Å². The van der Waals surface area contributed by atoms with Gasteiger partial charge < -0.3 is 20.1 Å². The molecule has 3 rings (SSSR count). The first-order valence-corrected chi connectivity index (χ1v) is 10.5. The van der Waals surface area contributed by atoms with Crippen molar-refractivity contribution in [1.82, 2.24) is 25.7 Å². The molecule has 0 unspecified atom stereocenters. The van der Waals surface area contributed by atoms with Gasteiger partial charge in [-0.1, -0.05) is 30.8 Å². The SMILES string of the molecule is CC(=O)NC1(c2noc(CCC(=O)N3C[C@@H](C)N[C@@H](C)C3)n2)CCCCCC1. The number of aromatic nitrogens is 2. The number of aryl methyl sites for hydroxylation is 1. The molecule has 1 saturated carbocycles. The van der Waals surface area contributed by atoms with Gasteiger partial charge in [0.05, 0.1) is 0 Å². The molecule has 1 aliphatic heterocycles. The van der Waals surface area contributed by atoms with Crippen molar-refractivity contribution < 1.29 is 14.1 Å². The van der Waals surface area contributed by atoms with Crippen molar-refractivity contribution in [2.75, 3.05) is 13.1 Å². The number of nitrogens with one attached hydrogen (secondary N) is 2. The first kappa shape index (κ1) is 20.8. The highest BCUT2D eigenvalue weighted by molar-refractivity contribution is 5.76. The maximum atomic E-state index is 12.6. The Hall–Kier alpha value is -1.96. The predicted molar refractivity (Wildman–Crippen MR) is 104 cm³/mol. The fourth-order valence-electron chi connectivity index (χ4n) is 4.53. The van der Waals surface area contributed by atoms with E-state index in [0.717, 1.165) is 51.6 Å². The number of hydrogen-bond donors (Lipinski definition) is 2. The van der Waals surface area contributed by atoms with Gasteiger partial charge in [0.1, 0.15) is 5.54 Å². The Morgan fingerprint density at radius 1 is 1.18 bits per heavy atom. The van der Waals surface area contributed by atoms with Crippen LogP contribution in [0, 0.1) is 0 Å². The highest BCUT2D eigenvalue weighted by Gasteiger charge is 2.38. The fourth-order valence-corrected chi connectivity index (χ4v) is 4.53. The molecule has 2 N–H and O–H groups in total. The number of amides is 2. The average molecular weight is 392 g/mol. The number of rotatable bonds is 5. The van der Waals surface area contributed by atoms with E-state index in [1.807, 2.05) is 4.90 Å². The average Bonchev–Trinajstić information content (AvgIpc) is 2.99. The molecule has 8 heteroatoms. The van der Waals surface area contributed by atoms with E-state index in [-0.39, 0.29) is 11.8 Å². The van der Waals surface area contributed by atoms with Crippen molar-refractivity contribution >= 4 is 11.8 Å². The van der Waals surface area contributed by atoms with Crippen LogP contribution in [0.4, 0.5) is 0 Å². The molecule has 2 atom stereocenters. The maximum Gasteiger partial charge on any atom is 0.227 e. The van der Waals surface area contributed by atoms with Gasteiger partial charge in [-0.25, -0.2) is 0 Å². The van der Waals surface area contributed by atoms with Crippen LogP contribution in [-0.2, 0) is 21.5 Å². The molecule has 1 saturated heterocycles. The smallest absolute Gasteiger partial charge is 0.227 e. The van der Waals surface area contributed by atoms with Crippen LogP contribution >= 0.6 is 0 Å². The lowest BCUT2D eigenvalue weighted by Crippen LogP contribution is -2.55. The number of hydrogen-bond acceptors (Lipinski definition) is 6. The van der Waals surface area contributed by atoms with Crippen molar-refractivity contribution in [3.05, 3.63) is 11.7 Å². The second kappa shape index (κ2) is 9.03. The van der Waals surface area contributed by atoms with Crippen LogP contribution < -0.4 is 10.6 Å². The molecular formula is C20H33N5O3. The molecule has 0 radical (unpaired) electrons. The summed E-state index contributed by atoms with van der Waals surface area (Å²) in [6, 6.07) is 0.603. The van der Waals surface area contributed by atoms with Crippen molar-refractivity contribution in [1.29, 1.82) is 0 Å². The minimum atomic E-state index is -0.544. The molecule has 1 aliphatic carbocycles. The van der Waals surface area contributed by atoms with Gasteiger partial charge in [-0.3, -0.25) is 9.59 Å². The topological polar surface area (TPSA) is 100 Å². The summed E-state index contributed by atoms with van der Waals surface area (Å²) in [4.78, 5) is 30.9. The lowest BCUT2D eigenvalue weighted by atomic mass is 9.89. The lowest BCUT2D eigenvalue weighted by molar-refractivity contribution is -0.133. The summed E-state index contributed by atoms with van der Waals surface area (Å²) in [5.41, 5.74) is -0.544. The van der Waals surface area contributed by atoms with E-state index in [1.165, 1.54) is 6.92 Å². The summed E-state index contributed by atoms with van der Waals surface area (Å²) in [5.74, 6) is 1.06. The van der Waals surface area contributed by atoms with E-state index in [0.29, 0.717) is 36.6 Å². The monoisotopic (exact) mass is 391 g/mol. The van der Waals surface area contributed by atoms with E-state index in [4.69, 9.17) is 4.52 Å². The van der Waals surface area contributed by atoms with Crippen molar-refractivity contribution in [3.8, 4) is 0 Å². The zero-order valence-electron chi connectivity index (χ0n) is 17.3. The third-order valence-electron chi connectivity index (χ3n) is 5.73. The van der Waals surface area contributed by atoms with E-state index >= 15 is 0 Å². The van der Waals surface area contributed by atoms with E-state index in [2.05, 4.69) is 34.6 Å². The van der Waals surface area contributed by atoms with Crippen LogP contribution in [0.5, 0.6) is 0 Å². The Kier molecular flexibility index (Phi) is 6.69. The molecule has 0 aromatic carbocycles. The minimum absolute atomic E-state index is 0.0784. The molecular weight excluding hydrogens is 358 g/mol. The molecule has 2 fully saturated rings. The van der Waals surface area contributed by atoms with Crippen molar-refractivity contribution in [2.24, 2.45) is 0 Å². The Labute approximate surface area is 166 Å². The second-order valence-electron chi connectivity index (χ2n) is 8.46. The molecule has 28 heavy (non-hydrogen) atoms. The third kappa shape index (κ3) is 5.10. The second-order valence-corrected chi connectivity index (χ2v) is 8.46. The van der Waals surface area contributed by atoms with Crippen LogP contribution in [0.15, 0.2) is 4.52 Å². The fraction of sp³-hybridized carbons (Fsp3) is 0.800. The molecule has 0 spiro atoms. The molecule has 1 aromatic rings. The first-order chi connectivity index (χ1) is 13.4. The molecule has 2 amide bonds. The van der Waals surface area contributed by atoms with Gasteiger partial charge in [0, 0.05) is 44.9 Å². The summed E-state index contributed by atoms with van der Waals surface area (Å²) >= 11 is 0. The number of nitrogens with zero attached hydrogens (tertiary/aromatic N) is 3. The molecule has 1 aromatic heterocycles. The molecule has 0 bridgehead atoms. The van der Waals surface area contributed by atoms with Gasteiger partial charge in [-0.15, -0.1) is 0 Å². The van der Waals surface area contributed by atoms with E-state index in [1.54, 1.807) is 0 Å². The van der Waals surface area contributed by atoms with Crippen LogP contribution in [0.3, 0.4) is 0 Å². The number of carbonyl (C=O) groups excluding carboxylic acids is 2. The Bertz CT molecular complexity index is 671. The normalized spacial score (nSPS) is 25.2. The Balaban J connectivity index is 1.63. The van der Waals surface area contributed by atoms with Gasteiger partial charge in [-0.05, 0) is 26.7 Å². The molecule has 2 heterocycles. The van der Waals surface area contributed by atoms with Crippen molar-refractivity contribution in [3.63, 3.8) is 0 Å². The van der Waals surface area contributed by atoms with Gasteiger partial charge in [0.15, 0.2) is 5.82 Å². The third-order valence-corrected chi connectivity index (χ3v) is 5.73. The maximum absolute atomic E-state index is 12.6. The summed E-state index contributed by atoms with van der Waals surface area (Å²) in [6.07, 6.45) is 6.79. The zero-order valence-corrected chi connectivity index (χ0v) is 17.3. The van der Waals surface area contributed by atoms with E-state index < -0.39 is 5.54 Å². The summed E-state index contributed by atoms with van der Waals surface area (Å²) in [6.45, 7) is 7.17. The summed E-state index contributed by atoms with van der Waals surface area (Å²) in [7, 11) is 0. The highest BCUT2D eigenvalue weighted by Crippen LogP contribution is 2.34. The quantitative estimate of drug-likeness (QED) is 0.744. The van der Waals surface area contributed by atoms with Crippen LogP contribution in [0.1, 0.15) is 77.4 Å². The number of carbonyl (C=O) groups is 2. The van der Waals surface area contributed by atoms with Crippen molar-refractivity contribution in [2.45, 2.75) is 89.8 Å². The molecule has 8 nitrogen and oxygen atoms in total. The summed E-state index contributed by atoms with van der Waals surface area (Å²) in [5, 5.41) is 10.7. The zero-order chi connectivity index (χ0) is 20.1.